The minimum atomic E-state index is -0.154. The second-order valence-corrected chi connectivity index (χ2v) is 5.10. The number of hydrogen-bond donors (Lipinski definition) is 1. The first-order valence-corrected chi connectivity index (χ1v) is 6.89. The van der Waals surface area contributed by atoms with Crippen LogP contribution in [0.2, 0.25) is 0 Å². The van der Waals surface area contributed by atoms with Crippen molar-refractivity contribution < 1.29 is 9.50 Å². The standard InChI is InChI=1S/C15H22FNO/c16-14-7-3-5-13(11-14)6-4-10-17-9-2-1-8-15(17)12-18/h3,5,7,11,15,18H,1-2,4,6,8-10,12H2. The zero-order chi connectivity index (χ0) is 12.8. The molecule has 2 nitrogen and oxygen atoms in total. The molecule has 100 valence electrons. The van der Waals surface area contributed by atoms with Gasteiger partial charge in [-0.05, 0) is 56.5 Å². The summed E-state index contributed by atoms with van der Waals surface area (Å²) in [5.74, 6) is -0.154. The maximum atomic E-state index is 13.0. The van der Waals surface area contributed by atoms with Gasteiger partial charge in [-0.25, -0.2) is 4.39 Å². The van der Waals surface area contributed by atoms with E-state index >= 15 is 0 Å². The highest BCUT2D eigenvalue weighted by atomic mass is 19.1. The summed E-state index contributed by atoms with van der Waals surface area (Å²) in [5, 5.41) is 9.32. The van der Waals surface area contributed by atoms with E-state index in [2.05, 4.69) is 4.90 Å². The third kappa shape index (κ3) is 3.79. The highest BCUT2D eigenvalue weighted by Crippen LogP contribution is 2.17. The van der Waals surface area contributed by atoms with Crippen molar-refractivity contribution in [1.29, 1.82) is 0 Å². The van der Waals surface area contributed by atoms with Crippen LogP contribution in [0.5, 0.6) is 0 Å². The van der Waals surface area contributed by atoms with Gasteiger partial charge in [0.1, 0.15) is 5.82 Å². The Morgan fingerprint density at radius 3 is 3.00 bits per heavy atom. The molecule has 0 aromatic heterocycles. The molecule has 1 aromatic rings. The van der Waals surface area contributed by atoms with E-state index in [0.717, 1.165) is 37.9 Å². The van der Waals surface area contributed by atoms with Gasteiger partial charge in [-0.3, -0.25) is 4.90 Å². The molecule has 1 fully saturated rings. The Kier molecular flexibility index (Phi) is 5.14. The molecule has 1 aliphatic heterocycles. The smallest absolute Gasteiger partial charge is 0.123 e. The Hall–Kier alpha value is -0.930. The predicted octanol–water partition coefficient (Wildman–Crippen LogP) is 2.61. The largest absolute Gasteiger partial charge is 0.395 e. The van der Waals surface area contributed by atoms with Gasteiger partial charge in [0.15, 0.2) is 0 Å². The highest BCUT2D eigenvalue weighted by molar-refractivity contribution is 5.16. The molecule has 0 spiro atoms. The van der Waals surface area contributed by atoms with Crippen LogP contribution in [0.1, 0.15) is 31.2 Å². The Labute approximate surface area is 108 Å². The van der Waals surface area contributed by atoms with Crippen LogP contribution in [0.25, 0.3) is 0 Å². The molecule has 0 amide bonds. The van der Waals surface area contributed by atoms with Crippen LogP contribution in [-0.2, 0) is 6.42 Å². The lowest BCUT2D eigenvalue weighted by atomic mass is 10.0. The first-order chi connectivity index (χ1) is 8.79. The van der Waals surface area contributed by atoms with Crippen LogP contribution >= 0.6 is 0 Å². The van der Waals surface area contributed by atoms with Crippen molar-refractivity contribution in [2.75, 3.05) is 19.7 Å². The Morgan fingerprint density at radius 1 is 1.33 bits per heavy atom. The van der Waals surface area contributed by atoms with Gasteiger partial charge >= 0.3 is 0 Å². The number of aryl methyl sites for hydroxylation is 1. The Bertz CT molecular complexity index is 369. The number of benzene rings is 1. The first-order valence-electron chi connectivity index (χ1n) is 6.89. The molecule has 0 aliphatic carbocycles. The predicted molar refractivity (Wildman–Crippen MR) is 71.0 cm³/mol. The van der Waals surface area contributed by atoms with Crippen LogP contribution in [0.4, 0.5) is 4.39 Å². The number of piperidine rings is 1. The molecule has 1 heterocycles. The zero-order valence-electron chi connectivity index (χ0n) is 10.8. The summed E-state index contributed by atoms with van der Waals surface area (Å²) in [6, 6.07) is 7.17. The number of likely N-dealkylation sites (tertiary alicyclic amines) is 1. The number of hydrogen-bond acceptors (Lipinski definition) is 2. The minimum absolute atomic E-state index is 0.154. The second-order valence-electron chi connectivity index (χ2n) is 5.10. The third-order valence-electron chi connectivity index (χ3n) is 3.76. The van der Waals surface area contributed by atoms with E-state index in [-0.39, 0.29) is 12.4 Å². The third-order valence-corrected chi connectivity index (χ3v) is 3.76. The summed E-state index contributed by atoms with van der Waals surface area (Å²) in [4.78, 5) is 2.38. The van der Waals surface area contributed by atoms with E-state index in [9.17, 15) is 9.50 Å². The summed E-state index contributed by atoms with van der Waals surface area (Å²) < 4.78 is 13.0. The van der Waals surface area contributed by atoms with Crippen molar-refractivity contribution in [1.82, 2.24) is 4.90 Å². The summed E-state index contributed by atoms with van der Waals surface area (Å²) in [6.45, 7) is 2.36. The summed E-state index contributed by atoms with van der Waals surface area (Å²) >= 11 is 0. The SMILES string of the molecule is OCC1CCCCN1CCCc1cccc(F)c1. The minimum Gasteiger partial charge on any atom is -0.395 e. The van der Waals surface area contributed by atoms with E-state index in [1.54, 1.807) is 12.1 Å². The van der Waals surface area contributed by atoms with Crippen LogP contribution in [-0.4, -0.2) is 35.7 Å². The number of halogens is 1. The second kappa shape index (κ2) is 6.86. The molecular formula is C15H22FNO. The van der Waals surface area contributed by atoms with Crippen molar-refractivity contribution in [3.63, 3.8) is 0 Å². The lowest BCUT2D eigenvalue weighted by Crippen LogP contribution is -2.42. The Balaban J connectivity index is 1.77. The molecule has 2 rings (SSSR count). The summed E-state index contributed by atoms with van der Waals surface area (Å²) in [7, 11) is 0. The van der Waals surface area contributed by atoms with Crippen molar-refractivity contribution in [2.24, 2.45) is 0 Å². The highest BCUT2D eigenvalue weighted by Gasteiger charge is 2.20. The number of aliphatic hydroxyl groups excluding tert-OH is 1. The lowest BCUT2D eigenvalue weighted by molar-refractivity contribution is 0.0893. The number of nitrogens with zero attached hydrogens (tertiary/aromatic N) is 1. The van der Waals surface area contributed by atoms with Gasteiger partial charge in [0.25, 0.3) is 0 Å². The van der Waals surface area contributed by atoms with Crippen molar-refractivity contribution in [3.05, 3.63) is 35.6 Å². The molecule has 0 bridgehead atoms. The van der Waals surface area contributed by atoms with Crippen molar-refractivity contribution in [2.45, 2.75) is 38.1 Å². The lowest BCUT2D eigenvalue weighted by Gasteiger charge is -2.34. The van der Waals surface area contributed by atoms with Crippen molar-refractivity contribution >= 4 is 0 Å². The van der Waals surface area contributed by atoms with Gasteiger partial charge in [-0.2, -0.15) is 0 Å². The van der Waals surface area contributed by atoms with Crippen LogP contribution in [0.3, 0.4) is 0 Å². The van der Waals surface area contributed by atoms with Crippen molar-refractivity contribution in [3.8, 4) is 0 Å². The van der Waals surface area contributed by atoms with Gasteiger partial charge in [0.05, 0.1) is 6.61 Å². The van der Waals surface area contributed by atoms with E-state index < -0.39 is 0 Å². The summed E-state index contributed by atoms with van der Waals surface area (Å²) in [5.41, 5.74) is 1.06. The molecule has 1 unspecified atom stereocenters. The maximum absolute atomic E-state index is 13.0. The number of rotatable bonds is 5. The van der Waals surface area contributed by atoms with Gasteiger partial charge in [0.2, 0.25) is 0 Å². The molecule has 1 atom stereocenters. The molecule has 1 N–H and O–H groups in total. The fourth-order valence-corrected chi connectivity index (χ4v) is 2.74. The summed E-state index contributed by atoms with van der Waals surface area (Å²) in [6.07, 6.45) is 5.50. The maximum Gasteiger partial charge on any atom is 0.123 e. The van der Waals surface area contributed by atoms with E-state index in [4.69, 9.17) is 0 Å². The average molecular weight is 251 g/mol. The van der Waals surface area contributed by atoms with Gasteiger partial charge in [0, 0.05) is 6.04 Å². The number of aliphatic hydroxyl groups is 1. The molecular weight excluding hydrogens is 229 g/mol. The molecule has 3 heteroatoms. The quantitative estimate of drug-likeness (QED) is 0.869. The van der Waals surface area contributed by atoms with Gasteiger partial charge in [-0.15, -0.1) is 0 Å². The molecule has 18 heavy (non-hydrogen) atoms. The topological polar surface area (TPSA) is 23.5 Å². The molecule has 1 aromatic carbocycles. The normalized spacial score (nSPS) is 21.1. The van der Waals surface area contributed by atoms with Crippen LogP contribution < -0.4 is 0 Å². The van der Waals surface area contributed by atoms with E-state index in [1.807, 2.05) is 6.07 Å². The van der Waals surface area contributed by atoms with Crippen LogP contribution in [0.15, 0.2) is 24.3 Å². The van der Waals surface area contributed by atoms with Crippen LogP contribution in [0, 0.1) is 5.82 Å². The monoisotopic (exact) mass is 251 g/mol. The molecule has 1 aliphatic rings. The van der Waals surface area contributed by atoms with E-state index in [1.165, 1.54) is 18.9 Å². The molecule has 1 saturated heterocycles. The average Bonchev–Trinajstić information content (AvgIpc) is 2.39. The van der Waals surface area contributed by atoms with E-state index in [0.29, 0.717) is 6.04 Å². The molecule has 0 saturated carbocycles. The van der Waals surface area contributed by atoms with Gasteiger partial charge < -0.3 is 5.11 Å². The fourth-order valence-electron chi connectivity index (χ4n) is 2.74. The van der Waals surface area contributed by atoms with Gasteiger partial charge in [-0.1, -0.05) is 18.6 Å². The fraction of sp³-hybridized carbons (Fsp3) is 0.600. The Morgan fingerprint density at radius 2 is 2.22 bits per heavy atom. The molecule has 0 radical (unpaired) electrons. The zero-order valence-corrected chi connectivity index (χ0v) is 10.8. The first kappa shape index (κ1) is 13.5.